The second-order valence-corrected chi connectivity index (χ2v) is 20.6. The van der Waals surface area contributed by atoms with Crippen molar-refractivity contribution in [3.8, 4) is 0 Å². The van der Waals surface area contributed by atoms with Crippen LogP contribution in [0, 0.1) is 27.7 Å². The number of carbonyl (C=O) groups is 2. The smallest absolute Gasteiger partial charge is 0.393 e. The molecule has 2 amide bonds. The summed E-state index contributed by atoms with van der Waals surface area (Å²) in [5.74, 6) is -0.931. The van der Waals surface area contributed by atoms with Crippen molar-refractivity contribution in [3.05, 3.63) is 186 Å². The van der Waals surface area contributed by atoms with Gasteiger partial charge in [0.15, 0.2) is 11.4 Å². The highest BCUT2D eigenvalue weighted by atomic mass is 19.3. The zero-order valence-electron chi connectivity index (χ0n) is 45.1. The molecule has 0 unspecified atom stereocenters. The third-order valence-corrected chi connectivity index (χ3v) is 16.8. The number of nitrogens with one attached hydrogen (secondary N) is 2. The van der Waals surface area contributed by atoms with Crippen molar-refractivity contribution in [1.82, 2.24) is 18.9 Å². The van der Waals surface area contributed by atoms with E-state index in [4.69, 9.17) is 9.97 Å². The number of nitrogens with zero attached hydrogens (tertiary/aromatic N) is 6. The van der Waals surface area contributed by atoms with Gasteiger partial charge in [0.25, 0.3) is 11.8 Å². The molecular formula is C60H60B2F4N8O2. The minimum atomic E-state index is -4.17. The summed E-state index contributed by atoms with van der Waals surface area (Å²) in [7, 11) is 0. The molecule has 16 heteroatoms. The van der Waals surface area contributed by atoms with Crippen molar-refractivity contribution in [1.29, 1.82) is 0 Å². The zero-order chi connectivity index (χ0) is 54.2. The summed E-state index contributed by atoms with van der Waals surface area (Å²) in [5, 5.41) is 7.39. The number of benzene rings is 3. The van der Waals surface area contributed by atoms with E-state index in [0.717, 1.165) is 77.6 Å². The Morgan fingerprint density at radius 3 is 1.17 bits per heavy atom. The van der Waals surface area contributed by atoms with Gasteiger partial charge < -0.3 is 45.8 Å². The Bertz CT molecular complexity index is 3730. The SMILES string of the molecule is CCC1=C(C)C2=C(c3ccc(NC(=O)c4ccc5ccc6ccc(C(=O)Nc7ccc(C8=C9C(C)=C(CC)C(C)=[N+]9[B-](F)(F)n9c(C)c(CC)c(C)c98)cc7)nc6c5n4)cc3)c3c(C)c(CC)c(C)n3[B-](F)(F)[N+]2=C1C. The number of anilines is 2. The van der Waals surface area contributed by atoms with Gasteiger partial charge in [0.05, 0.1) is 22.2 Å². The topological polar surface area (TPSA) is 99.9 Å². The quantitative estimate of drug-likeness (QED) is 0.0810. The number of amides is 2. The Hall–Kier alpha value is -7.87. The monoisotopic (exact) mass is 1020 g/mol. The molecule has 0 aliphatic carbocycles. The fraction of sp³-hybridized carbons (Fsp3) is 0.267. The van der Waals surface area contributed by atoms with Gasteiger partial charge in [0, 0.05) is 69.7 Å². The summed E-state index contributed by atoms with van der Waals surface area (Å²) in [5.41, 5.74) is 16.5. The normalized spacial score (nSPS) is 16.6. The molecule has 0 atom stereocenters. The van der Waals surface area contributed by atoms with Crippen LogP contribution in [0.2, 0.25) is 0 Å². The summed E-state index contributed by atoms with van der Waals surface area (Å²) < 4.78 is 72.3. The Morgan fingerprint density at radius 2 is 0.842 bits per heavy atom. The summed E-state index contributed by atoms with van der Waals surface area (Å²) in [6.45, 7) is 14.5. The maximum Gasteiger partial charge on any atom is 0.737 e. The van der Waals surface area contributed by atoms with Crippen LogP contribution >= 0.6 is 0 Å². The van der Waals surface area contributed by atoms with E-state index in [1.165, 1.54) is 17.9 Å². The molecule has 0 saturated carbocycles. The van der Waals surface area contributed by atoms with Crippen LogP contribution in [-0.2, 0) is 12.8 Å². The van der Waals surface area contributed by atoms with E-state index in [9.17, 15) is 9.59 Å². The third-order valence-electron chi connectivity index (χ3n) is 16.8. The lowest BCUT2D eigenvalue weighted by molar-refractivity contribution is -0.364. The summed E-state index contributed by atoms with van der Waals surface area (Å²) in [4.78, 5) is 37.5. The number of aromatic nitrogens is 4. The number of halogens is 4. The molecule has 7 aromatic rings. The second-order valence-electron chi connectivity index (χ2n) is 20.6. The van der Waals surface area contributed by atoms with Crippen molar-refractivity contribution in [2.24, 2.45) is 0 Å². The molecule has 10 nitrogen and oxygen atoms in total. The lowest BCUT2D eigenvalue weighted by atomic mass is 9.83. The highest BCUT2D eigenvalue weighted by molar-refractivity contribution is 6.59. The summed E-state index contributed by atoms with van der Waals surface area (Å²) in [6.07, 6.45) is 2.50. The van der Waals surface area contributed by atoms with Gasteiger partial charge in [-0.25, -0.2) is 9.97 Å². The van der Waals surface area contributed by atoms with Crippen molar-refractivity contribution < 1.29 is 35.8 Å². The average Bonchev–Trinajstić information content (AvgIpc) is 4.08. The summed E-state index contributed by atoms with van der Waals surface area (Å²) >= 11 is 0. The average molecular weight is 1020 g/mol. The molecule has 4 aliphatic heterocycles. The molecule has 3 aromatic carbocycles. The first-order valence-electron chi connectivity index (χ1n) is 26.4. The van der Waals surface area contributed by atoms with Gasteiger partial charge in [-0.1, -0.05) is 76.2 Å². The first-order valence-corrected chi connectivity index (χ1v) is 26.4. The second kappa shape index (κ2) is 17.9. The van der Waals surface area contributed by atoms with Crippen molar-refractivity contribution in [2.75, 3.05) is 10.6 Å². The molecule has 11 rings (SSSR count). The van der Waals surface area contributed by atoms with Gasteiger partial charge in [-0.2, -0.15) is 0 Å². The molecule has 8 heterocycles. The molecule has 386 valence electrons. The van der Waals surface area contributed by atoms with E-state index in [1.54, 1.807) is 76.2 Å². The standard InChI is InChI=1S/C60H60B2F4N8O2/c1-13-45-31(5)55-51(56-32(6)46(14-2)36(10)72(56)61(63,64)71(55)35(45)9)39-19-25-43(26-20-39)67-59(75)49-29-23-41-17-18-42-24-30-50(70-54(42)53(41)69-49)60(76)68-44-27-21-40(22-28-44)52-57-33(7)47(15-3)37(11)73(57)62(65,66)74-38(12)48(16-4)34(8)58(52)74/h17-30H,13-16H2,1-12H3,(H,67,75)(H,68,76). The molecule has 2 N–H and O–H groups in total. The molecule has 76 heavy (non-hydrogen) atoms. The minimum absolute atomic E-state index is 0.131. The van der Waals surface area contributed by atoms with Crippen LogP contribution in [0.5, 0.6) is 0 Å². The largest absolute Gasteiger partial charge is 0.737 e. The maximum absolute atomic E-state index is 16.8. The number of allylic oxidation sites excluding steroid dienone is 4. The van der Waals surface area contributed by atoms with Crippen molar-refractivity contribution in [2.45, 2.75) is 109 Å². The van der Waals surface area contributed by atoms with Crippen LogP contribution in [-0.4, -0.2) is 65.1 Å². The molecule has 0 fully saturated rings. The van der Waals surface area contributed by atoms with E-state index in [0.29, 0.717) is 93.7 Å². The van der Waals surface area contributed by atoms with Crippen LogP contribution < -0.4 is 10.6 Å². The van der Waals surface area contributed by atoms with Crippen LogP contribution in [0.1, 0.15) is 145 Å². The van der Waals surface area contributed by atoms with Gasteiger partial charge in [0.2, 0.25) is 0 Å². The number of hydrogen-bond acceptors (Lipinski definition) is 4. The molecule has 0 radical (unpaired) electrons. The lowest BCUT2D eigenvalue weighted by Gasteiger charge is -2.34. The first kappa shape index (κ1) is 50.3. The van der Waals surface area contributed by atoms with Gasteiger partial charge in [-0.3, -0.25) is 9.59 Å². The van der Waals surface area contributed by atoms with Gasteiger partial charge in [-0.15, -0.1) is 0 Å². The van der Waals surface area contributed by atoms with E-state index in [-0.39, 0.29) is 11.4 Å². The number of carbonyl (C=O) groups excluding carboxylic acids is 2. The van der Waals surface area contributed by atoms with Gasteiger partial charge in [0.1, 0.15) is 22.8 Å². The van der Waals surface area contributed by atoms with Gasteiger partial charge >= 0.3 is 13.9 Å². The summed E-state index contributed by atoms with van der Waals surface area (Å²) in [6, 6.07) is 25.2. The number of hydrogen-bond donors (Lipinski definition) is 2. The first-order chi connectivity index (χ1) is 36.2. The van der Waals surface area contributed by atoms with E-state index < -0.39 is 25.8 Å². The van der Waals surface area contributed by atoms with Crippen molar-refractivity contribution in [3.63, 3.8) is 0 Å². The van der Waals surface area contributed by atoms with Crippen LogP contribution in [0.4, 0.5) is 28.6 Å². The molecule has 0 bridgehead atoms. The highest BCUT2D eigenvalue weighted by Gasteiger charge is 2.58. The third kappa shape index (κ3) is 7.07. The Labute approximate surface area is 440 Å². The van der Waals surface area contributed by atoms with E-state index >= 15 is 17.3 Å². The number of fused-ring (bicyclic) bond motifs is 7. The van der Waals surface area contributed by atoms with E-state index in [1.807, 2.05) is 91.8 Å². The highest BCUT2D eigenvalue weighted by Crippen LogP contribution is 2.49. The Balaban J connectivity index is 0.876. The molecule has 0 spiro atoms. The zero-order valence-corrected chi connectivity index (χ0v) is 45.1. The predicted molar refractivity (Wildman–Crippen MR) is 299 cm³/mol. The van der Waals surface area contributed by atoms with Gasteiger partial charge in [-0.05, 0) is 148 Å². The maximum atomic E-state index is 16.8. The molecular weight excluding hydrogens is 962 g/mol. The number of pyridine rings is 2. The molecule has 0 saturated heterocycles. The Kier molecular flexibility index (Phi) is 11.8. The van der Waals surface area contributed by atoms with Crippen LogP contribution in [0.15, 0.2) is 119 Å². The van der Waals surface area contributed by atoms with E-state index in [2.05, 4.69) is 10.6 Å². The fourth-order valence-corrected chi connectivity index (χ4v) is 13.4. The van der Waals surface area contributed by atoms with Crippen molar-refractivity contribution >= 4 is 81.5 Å². The molecule has 4 aromatic heterocycles. The Morgan fingerprint density at radius 1 is 0.500 bits per heavy atom. The molecule has 4 aliphatic rings. The predicted octanol–water partition coefficient (Wildman–Crippen LogP) is 13.7. The lowest BCUT2D eigenvalue weighted by Crippen LogP contribution is -2.51. The van der Waals surface area contributed by atoms with Crippen LogP contribution in [0.3, 0.4) is 0 Å². The number of rotatable bonds is 10. The fourth-order valence-electron chi connectivity index (χ4n) is 13.4. The minimum Gasteiger partial charge on any atom is -0.393 e. The van der Waals surface area contributed by atoms with Crippen LogP contribution in [0.25, 0.3) is 33.0 Å².